The van der Waals surface area contributed by atoms with Crippen molar-refractivity contribution in [2.24, 2.45) is 5.73 Å². The highest BCUT2D eigenvalue weighted by Gasteiger charge is 2.21. The molecule has 1 aromatic carbocycles. The number of piperazine rings is 1. The van der Waals surface area contributed by atoms with Crippen LogP contribution in [0.15, 0.2) is 24.3 Å². The van der Waals surface area contributed by atoms with Gasteiger partial charge in [0.15, 0.2) is 0 Å². The van der Waals surface area contributed by atoms with Crippen molar-refractivity contribution in [3.8, 4) is 0 Å². The highest BCUT2D eigenvalue weighted by atomic mass is 35.5. The largest absolute Gasteiger partial charge is 0.369 e. The molecule has 2 aliphatic rings. The van der Waals surface area contributed by atoms with Crippen LogP contribution in [-0.2, 0) is 0 Å². The number of amides is 1. The lowest BCUT2D eigenvalue weighted by Gasteiger charge is -2.38. The Kier molecular flexibility index (Phi) is 9.88. The van der Waals surface area contributed by atoms with E-state index in [1.54, 1.807) is 0 Å². The number of hydrogen-bond acceptors (Lipinski definition) is 4. The van der Waals surface area contributed by atoms with Crippen molar-refractivity contribution in [1.82, 2.24) is 10.2 Å². The third kappa shape index (κ3) is 6.53. The number of benzene rings is 1. The van der Waals surface area contributed by atoms with E-state index in [1.165, 1.54) is 5.69 Å². The number of rotatable bonds is 4. The zero-order valence-corrected chi connectivity index (χ0v) is 18.0. The standard InChI is InChI=1S/C20H32N4O.2ClH/c1-15(2)23-11-13-24(14-12-23)19-9-3-16(4-10-19)20(25)22-18-7-5-17(21)6-8-18;;/h3-4,9-10,15,17-18H,5-8,11-14,21H2,1-2H3,(H,22,25);2*1H. The Hall–Kier alpha value is -1.01. The lowest BCUT2D eigenvalue weighted by molar-refractivity contribution is 0.0926. The summed E-state index contributed by atoms with van der Waals surface area (Å²) in [6.45, 7) is 8.80. The molecule has 1 saturated carbocycles. The van der Waals surface area contributed by atoms with E-state index in [0.717, 1.165) is 57.4 Å². The average Bonchev–Trinajstić information content (AvgIpc) is 2.64. The van der Waals surface area contributed by atoms with E-state index in [9.17, 15) is 4.79 Å². The third-order valence-electron chi connectivity index (χ3n) is 5.65. The predicted molar refractivity (Wildman–Crippen MR) is 118 cm³/mol. The molecule has 2 fully saturated rings. The zero-order chi connectivity index (χ0) is 17.8. The van der Waals surface area contributed by atoms with Crippen LogP contribution in [0, 0.1) is 0 Å². The molecule has 1 heterocycles. The molecule has 1 saturated heterocycles. The number of nitrogens with zero attached hydrogens (tertiary/aromatic N) is 2. The summed E-state index contributed by atoms with van der Waals surface area (Å²) in [7, 11) is 0. The second-order valence-corrected chi connectivity index (χ2v) is 7.75. The molecule has 0 radical (unpaired) electrons. The van der Waals surface area contributed by atoms with Crippen molar-refractivity contribution in [2.75, 3.05) is 31.1 Å². The van der Waals surface area contributed by atoms with Crippen molar-refractivity contribution in [1.29, 1.82) is 0 Å². The lowest BCUT2D eigenvalue weighted by atomic mass is 9.91. The molecule has 27 heavy (non-hydrogen) atoms. The number of anilines is 1. The smallest absolute Gasteiger partial charge is 0.251 e. The Balaban J connectivity index is 0.00000182. The third-order valence-corrected chi connectivity index (χ3v) is 5.65. The minimum absolute atomic E-state index is 0. The minimum Gasteiger partial charge on any atom is -0.369 e. The monoisotopic (exact) mass is 416 g/mol. The Bertz CT molecular complexity index is 566. The van der Waals surface area contributed by atoms with E-state index in [4.69, 9.17) is 5.73 Å². The Morgan fingerprint density at radius 2 is 1.56 bits per heavy atom. The van der Waals surface area contributed by atoms with E-state index in [-0.39, 0.29) is 36.8 Å². The maximum Gasteiger partial charge on any atom is 0.251 e. The summed E-state index contributed by atoms with van der Waals surface area (Å²) < 4.78 is 0. The fraction of sp³-hybridized carbons (Fsp3) is 0.650. The van der Waals surface area contributed by atoms with Gasteiger partial charge in [-0.1, -0.05) is 0 Å². The molecule has 7 heteroatoms. The van der Waals surface area contributed by atoms with Crippen LogP contribution in [0.1, 0.15) is 49.9 Å². The first-order chi connectivity index (χ1) is 12.0. The first kappa shape index (κ1) is 24.0. The molecule has 0 aromatic heterocycles. The molecule has 0 spiro atoms. The summed E-state index contributed by atoms with van der Waals surface area (Å²) >= 11 is 0. The molecule has 1 aliphatic carbocycles. The van der Waals surface area contributed by atoms with Crippen molar-refractivity contribution in [3.63, 3.8) is 0 Å². The van der Waals surface area contributed by atoms with Gasteiger partial charge in [0, 0.05) is 55.6 Å². The molecular weight excluding hydrogens is 383 g/mol. The summed E-state index contributed by atoms with van der Waals surface area (Å²) in [6, 6.07) is 9.26. The van der Waals surface area contributed by atoms with Gasteiger partial charge in [0.2, 0.25) is 0 Å². The van der Waals surface area contributed by atoms with Crippen molar-refractivity contribution in [3.05, 3.63) is 29.8 Å². The van der Waals surface area contributed by atoms with Crippen LogP contribution in [0.5, 0.6) is 0 Å². The zero-order valence-electron chi connectivity index (χ0n) is 16.4. The number of nitrogens with two attached hydrogens (primary N) is 1. The topological polar surface area (TPSA) is 61.6 Å². The SMILES string of the molecule is CC(C)N1CCN(c2ccc(C(=O)NC3CCC(N)CC3)cc2)CC1.Cl.Cl. The maximum absolute atomic E-state index is 12.4. The minimum atomic E-state index is 0. The average molecular weight is 417 g/mol. The van der Waals surface area contributed by atoms with Crippen LogP contribution < -0.4 is 16.0 Å². The van der Waals surface area contributed by atoms with Gasteiger partial charge in [-0.25, -0.2) is 0 Å². The Morgan fingerprint density at radius 3 is 2.07 bits per heavy atom. The molecule has 0 bridgehead atoms. The first-order valence-corrected chi connectivity index (χ1v) is 9.68. The van der Waals surface area contributed by atoms with Crippen LogP contribution >= 0.6 is 24.8 Å². The summed E-state index contributed by atoms with van der Waals surface area (Å²) in [4.78, 5) is 17.4. The highest BCUT2D eigenvalue weighted by Crippen LogP contribution is 2.20. The van der Waals surface area contributed by atoms with Gasteiger partial charge >= 0.3 is 0 Å². The van der Waals surface area contributed by atoms with E-state index in [1.807, 2.05) is 12.1 Å². The van der Waals surface area contributed by atoms with Crippen molar-refractivity contribution < 1.29 is 4.79 Å². The highest BCUT2D eigenvalue weighted by molar-refractivity contribution is 5.94. The number of hydrogen-bond donors (Lipinski definition) is 2. The second-order valence-electron chi connectivity index (χ2n) is 7.75. The summed E-state index contributed by atoms with van der Waals surface area (Å²) in [5.41, 5.74) is 7.89. The van der Waals surface area contributed by atoms with Crippen LogP contribution in [0.3, 0.4) is 0 Å². The van der Waals surface area contributed by atoms with Gasteiger partial charge in [-0.2, -0.15) is 0 Å². The van der Waals surface area contributed by atoms with Gasteiger partial charge in [0.05, 0.1) is 0 Å². The number of halogens is 2. The molecule has 0 atom stereocenters. The fourth-order valence-electron chi connectivity index (χ4n) is 3.85. The molecule has 3 rings (SSSR count). The van der Waals surface area contributed by atoms with Gasteiger partial charge in [-0.15, -0.1) is 24.8 Å². The van der Waals surface area contributed by atoms with Gasteiger partial charge in [-0.05, 0) is 63.8 Å². The van der Waals surface area contributed by atoms with E-state index >= 15 is 0 Å². The van der Waals surface area contributed by atoms with Crippen molar-refractivity contribution >= 4 is 36.4 Å². The van der Waals surface area contributed by atoms with E-state index in [0.29, 0.717) is 12.1 Å². The van der Waals surface area contributed by atoms with Crippen LogP contribution in [0.25, 0.3) is 0 Å². The van der Waals surface area contributed by atoms with E-state index in [2.05, 4.69) is 41.1 Å². The lowest BCUT2D eigenvalue weighted by Crippen LogP contribution is -2.48. The van der Waals surface area contributed by atoms with Crippen LogP contribution in [0.4, 0.5) is 5.69 Å². The molecule has 1 aliphatic heterocycles. The first-order valence-electron chi connectivity index (χ1n) is 9.68. The molecule has 5 nitrogen and oxygen atoms in total. The van der Waals surface area contributed by atoms with Gasteiger partial charge in [-0.3, -0.25) is 9.69 Å². The Morgan fingerprint density at radius 1 is 1.00 bits per heavy atom. The van der Waals surface area contributed by atoms with Gasteiger partial charge < -0.3 is 16.0 Å². The van der Waals surface area contributed by atoms with Gasteiger partial charge in [0.1, 0.15) is 0 Å². The van der Waals surface area contributed by atoms with Gasteiger partial charge in [0.25, 0.3) is 5.91 Å². The summed E-state index contributed by atoms with van der Waals surface area (Å²) in [5.74, 6) is 0.0386. The molecule has 3 N–H and O–H groups in total. The van der Waals surface area contributed by atoms with Crippen LogP contribution in [0.2, 0.25) is 0 Å². The molecule has 154 valence electrons. The Labute approximate surface area is 175 Å². The quantitative estimate of drug-likeness (QED) is 0.791. The maximum atomic E-state index is 12.4. The molecular formula is C20H34Cl2N4O. The van der Waals surface area contributed by atoms with Crippen molar-refractivity contribution in [2.45, 2.75) is 57.7 Å². The molecule has 0 unspecified atom stereocenters. The predicted octanol–water partition coefficient (Wildman–Crippen LogP) is 3.06. The summed E-state index contributed by atoms with van der Waals surface area (Å²) in [6.07, 6.45) is 3.99. The molecule has 1 amide bonds. The normalized spacial score (nSPS) is 23.3. The van der Waals surface area contributed by atoms with Crippen LogP contribution in [-0.4, -0.2) is 55.1 Å². The number of carbonyl (C=O) groups excluding carboxylic acids is 1. The molecule has 1 aromatic rings. The number of nitrogens with one attached hydrogen (secondary N) is 1. The second kappa shape index (κ2) is 11.1. The fourth-order valence-corrected chi connectivity index (χ4v) is 3.85. The summed E-state index contributed by atoms with van der Waals surface area (Å²) in [5, 5.41) is 3.16. The number of carbonyl (C=O) groups is 1. The van der Waals surface area contributed by atoms with E-state index < -0.39 is 0 Å².